The van der Waals surface area contributed by atoms with Crippen LogP contribution in [0.5, 0.6) is 5.75 Å². The molecule has 0 aliphatic carbocycles. The summed E-state index contributed by atoms with van der Waals surface area (Å²) in [5, 5.41) is 6.33. The molecule has 0 unspecified atom stereocenters. The first-order chi connectivity index (χ1) is 13.0. The Morgan fingerprint density at radius 3 is 2.70 bits per heavy atom. The predicted octanol–water partition coefficient (Wildman–Crippen LogP) is 2.77. The van der Waals surface area contributed by atoms with Gasteiger partial charge in [0, 0.05) is 6.04 Å². The number of carbonyl (C=O) groups excluding carboxylic acids is 2. The summed E-state index contributed by atoms with van der Waals surface area (Å²) in [6.07, 6.45) is 2.13. The number of hydrogen-bond acceptors (Lipinski definition) is 4. The quantitative estimate of drug-likeness (QED) is 0.446. The van der Waals surface area contributed by atoms with E-state index in [1.165, 1.54) is 18.3 Å². The van der Waals surface area contributed by atoms with Crippen LogP contribution in [0.25, 0.3) is 0 Å². The van der Waals surface area contributed by atoms with E-state index in [0.29, 0.717) is 16.9 Å². The van der Waals surface area contributed by atoms with Crippen molar-refractivity contribution in [1.29, 1.82) is 0 Å². The number of hydrazone groups is 1. The maximum absolute atomic E-state index is 13.2. The van der Waals surface area contributed by atoms with E-state index >= 15 is 0 Å². The number of halogens is 1. The zero-order valence-electron chi connectivity index (χ0n) is 15.2. The van der Waals surface area contributed by atoms with Crippen molar-refractivity contribution in [3.05, 3.63) is 65.5 Å². The number of benzene rings is 2. The van der Waals surface area contributed by atoms with Gasteiger partial charge in [0.2, 0.25) is 0 Å². The van der Waals surface area contributed by atoms with E-state index in [1.54, 1.807) is 36.4 Å². The van der Waals surface area contributed by atoms with Gasteiger partial charge in [-0.2, -0.15) is 5.10 Å². The Kier molecular flexibility index (Phi) is 7.49. The largest absolute Gasteiger partial charge is 0.489 e. The van der Waals surface area contributed by atoms with Crippen LogP contribution in [0.4, 0.5) is 4.39 Å². The monoisotopic (exact) mass is 371 g/mol. The molecule has 0 spiro atoms. The van der Waals surface area contributed by atoms with Gasteiger partial charge in [-0.1, -0.05) is 31.2 Å². The molecule has 1 atom stereocenters. The number of ether oxygens (including phenoxy) is 1. The summed E-state index contributed by atoms with van der Waals surface area (Å²) in [4.78, 5) is 23.3. The standard InChI is InChI=1S/C20H22FN3O3/c1-3-14(2)23-19(25)20(26)24-22-12-15-6-5-9-18(11-15)27-13-16-7-4-8-17(21)10-16/h4-12,14H,3,13H2,1-2H3,(H,23,25)(H,24,26)/b22-12-/t14-/m0/s1. The van der Waals surface area contributed by atoms with Crippen LogP contribution in [0.3, 0.4) is 0 Å². The molecule has 0 heterocycles. The maximum atomic E-state index is 13.2. The molecular weight excluding hydrogens is 349 g/mol. The van der Waals surface area contributed by atoms with Crippen molar-refractivity contribution in [2.45, 2.75) is 32.9 Å². The Morgan fingerprint density at radius 1 is 1.19 bits per heavy atom. The van der Waals surface area contributed by atoms with Gasteiger partial charge in [0.05, 0.1) is 6.21 Å². The zero-order chi connectivity index (χ0) is 19.6. The van der Waals surface area contributed by atoms with Gasteiger partial charge in [0.25, 0.3) is 0 Å². The highest BCUT2D eigenvalue weighted by Crippen LogP contribution is 2.14. The van der Waals surface area contributed by atoms with E-state index in [2.05, 4.69) is 15.8 Å². The summed E-state index contributed by atoms with van der Waals surface area (Å²) >= 11 is 0. The number of hydrogen-bond donors (Lipinski definition) is 2. The van der Waals surface area contributed by atoms with E-state index in [4.69, 9.17) is 4.74 Å². The second-order valence-electron chi connectivity index (χ2n) is 5.97. The van der Waals surface area contributed by atoms with Crippen LogP contribution in [-0.4, -0.2) is 24.1 Å². The second-order valence-corrected chi connectivity index (χ2v) is 5.97. The summed E-state index contributed by atoms with van der Waals surface area (Å²) in [6, 6.07) is 13.1. The van der Waals surface area contributed by atoms with Crippen LogP contribution in [0, 0.1) is 5.82 Å². The first kappa shape index (κ1) is 20.1. The molecule has 0 aromatic heterocycles. The minimum absolute atomic E-state index is 0.0841. The van der Waals surface area contributed by atoms with Gasteiger partial charge < -0.3 is 10.1 Å². The molecule has 0 saturated heterocycles. The highest BCUT2D eigenvalue weighted by molar-refractivity contribution is 6.35. The van der Waals surface area contributed by atoms with Gasteiger partial charge in [-0.05, 0) is 48.7 Å². The molecule has 2 aromatic carbocycles. The van der Waals surface area contributed by atoms with Crippen molar-refractivity contribution in [3.8, 4) is 5.75 Å². The lowest BCUT2D eigenvalue weighted by Gasteiger charge is -2.09. The van der Waals surface area contributed by atoms with Gasteiger partial charge in [-0.25, -0.2) is 9.82 Å². The van der Waals surface area contributed by atoms with Crippen molar-refractivity contribution in [2.24, 2.45) is 5.10 Å². The Labute approximate surface area is 157 Å². The van der Waals surface area contributed by atoms with Crippen molar-refractivity contribution in [3.63, 3.8) is 0 Å². The smallest absolute Gasteiger partial charge is 0.329 e. The van der Waals surface area contributed by atoms with Gasteiger partial charge in [0.1, 0.15) is 18.2 Å². The lowest BCUT2D eigenvalue weighted by molar-refractivity contribution is -0.139. The van der Waals surface area contributed by atoms with Crippen LogP contribution < -0.4 is 15.5 Å². The molecule has 0 fully saturated rings. The Balaban J connectivity index is 1.88. The summed E-state index contributed by atoms with van der Waals surface area (Å²) in [5.74, 6) is -1.30. The fourth-order valence-corrected chi connectivity index (χ4v) is 2.09. The lowest BCUT2D eigenvalue weighted by Crippen LogP contribution is -2.41. The number of carbonyl (C=O) groups is 2. The first-order valence-electron chi connectivity index (χ1n) is 8.59. The van der Waals surface area contributed by atoms with Crippen molar-refractivity contribution < 1.29 is 18.7 Å². The minimum atomic E-state index is -0.829. The molecule has 7 heteroatoms. The fourth-order valence-electron chi connectivity index (χ4n) is 2.09. The molecule has 2 rings (SSSR count). The summed E-state index contributed by atoms with van der Waals surface area (Å²) in [6.45, 7) is 3.94. The third-order valence-electron chi connectivity index (χ3n) is 3.73. The molecule has 6 nitrogen and oxygen atoms in total. The molecular formula is C20H22FN3O3. The van der Waals surface area contributed by atoms with Crippen molar-refractivity contribution in [2.75, 3.05) is 0 Å². The van der Waals surface area contributed by atoms with E-state index in [9.17, 15) is 14.0 Å². The van der Waals surface area contributed by atoms with Crippen LogP contribution in [0.15, 0.2) is 53.6 Å². The number of nitrogens with zero attached hydrogens (tertiary/aromatic N) is 1. The van der Waals surface area contributed by atoms with Gasteiger partial charge >= 0.3 is 11.8 Å². The third-order valence-corrected chi connectivity index (χ3v) is 3.73. The minimum Gasteiger partial charge on any atom is -0.489 e. The second kappa shape index (κ2) is 10.1. The third kappa shape index (κ3) is 6.89. The summed E-state index contributed by atoms with van der Waals surface area (Å²) in [7, 11) is 0. The number of rotatable bonds is 7. The molecule has 0 saturated carbocycles. The molecule has 2 amide bonds. The topological polar surface area (TPSA) is 79.8 Å². The van der Waals surface area contributed by atoms with Gasteiger partial charge in [-0.15, -0.1) is 0 Å². The Hall–Kier alpha value is -3.22. The summed E-state index contributed by atoms with van der Waals surface area (Å²) < 4.78 is 18.8. The van der Waals surface area contributed by atoms with E-state index in [-0.39, 0.29) is 18.5 Å². The first-order valence-corrected chi connectivity index (χ1v) is 8.59. The lowest BCUT2D eigenvalue weighted by atomic mass is 10.2. The molecule has 142 valence electrons. The molecule has 0 bridgehead atoms. The fraction of sp³-hybridized carbons (Fsp3) is 0.250. The predicted molar refractivity (Wildman–Crippen MR) is 101 cm³/mol. The molecule has 0 radical (unpaired) electrons. The number of amides is 2. The van der Waals surface area contributed by atoms with Gasteiger partial charge in [0.15, 0.2) is 0 Å². The molecule has 2 aromatic rings. The highest BCUT2D eigenvalue weighted by Gasteiger charge is 2.14. The zero-order valence-corrected chi connectivity index (χ0v) is 15.2. The average molecular weight is 371 g/mol. The molecule has 0 aliphatic rings. The van der Waals surface area contributed by atoms with E-state index in [1.807, 2.05) is 13.8 Å². The van der Waals surface area contributed by atoms with Crippen molar-refractivity contribution >= 4 is 18.0 Å². The Morgan fingerprint density at radius 2 is 1.96 bits per heavy atom. The molecule has 2 N–H and O–H groups in total. The van der Waals surface area contributed by atoms with Crippen LogP contribution >= 0.6 is 0 Å². The van der Waals surface area contributed by atoms with Crippen LogP contribution in [0.2, 0.25) is 0 Å². The SMILES string of the molecule is CC[C@H](C)NC(=O)C(=O)N/N=C\c1cccc(OCc2cccc(F)c2)c1. The van der Waals surface area contributed by atoms with E-state index < -0.39 is 11.8 Å². The number of nitrogens with one attached hydrogen (secondary N) is 2. The average Bonchev–Trinajstić information content (AvgIpc) is 2.66. The highest BCUT2D eigenvalue weighted by atomic mass is 19.1. The maximum Gasteiger partial charge on any atom is 0.329 e. The molecule has 27 heavy (non-hydrogen) atoms. The summed E-state index contributed by atoms with van der Waals surface area (Å²) in [5.41, 5.74) is 3.57. The van der Waals surface area contributed by atoms with Crippen LogP contribution in [0.1, 0.15) is 31.4 Å². The molecule has 0 aliphatic heterocycles. The normalized spacial score (nSPS) is 11.8. The van der Waals surface area contributed by atoms with E-state index in [0.717, 1.165) is 6.42 Å². The van der Waals surface area contributed by atoms with Crippen LogP contribution in [-0.2, 0) is 16.2 Å². The Bertz CT molecular complexity index is 824. The van der Waals surface area contributed by atoms with Crippen molar-refractivity contribution in [1.82, 2.24) is 10.7 Å². The van der Waals surface area contributed by atoms with Gasteiger partial charge in [-0.3, -0.25) is 9.59 Å².